The van der Waals surface area contributed by atoms with Gasteiger partial charge in [-0.25, -0.2) is 9.18 Å². The number of amides is 3. The maximum absolute atomic E-state index is 14.0. The number of nitrogens with one attached hydrogen (secondary N) is 1. The molecule has 1 saturated heterocycles. The molecule has 2 aliphatic heterocycles. The molecule has 1 aromatic rings. The number of hydrogen-bond donors (Lipinski definition) is 2. The third-order valence-electron chi connectivity index (χ3n) is 5.88. The first kappa shape index (κ1) is 19.7. The highest BCUT2D eigenvalue weighted by Crippen LogP contribution is 2.51. The summed E-state index contributed by atoms with van der Waals surface area (Å²) in [5.74, 6) is -0.926. The van der Waals surface area contributed by atoms with Crippen LogP contribution in [-0.2, 0) is 4.79 Å². The van der Waals surface area contributed by atoms with Gasteiger partial charge in [-0.2, -0.15) is 0 Å². The number of carbonyl (C=O) groups is 2. The van der Waals surface area contributed by atoms with Crippen LogP contribution >= 0.6 is 0 Å². The summed E-state index contributed by atoms with van der Waals surface area (Å²) >= 11 is 0. The van der Waals surface area contributed by atoms with E-state index in [0.717, 1.165) is 29.7 Å². The second-order valence-corrected chi connectivity index (χ2v) is 9.35. The van der Waals surface area contributed by atoms with Crippen LogP contribution in [0, 0.1) is 17.7 Å². The first-order chi connectivity index (χ1) is 13.7. The van der Waals surface area contributed by atoms with Crippen molar-refractivity contribution in [2.75, 3.05) is 19.6 Å². The molecule has 1 aromatic carbocycles. The zero-order chi connectivity index (χ0) is 20.9. The number of piperazine rings is 1. The van der Waals surface area contributed by atoms with E-state index in [1.807, 2.05) is 26.8 Å². The molecule has 0 spiro atoms. The Morgan fingerprint density at radius 2 is 1.93 bits per heavy atom. The fourth-order valence-corrected chi connectivity index (χ4v) is 4.61. The summed E-state index contributed by atoms with van der Waals surface area (Å²) in [4.78, 5) is 29.3. The van der Waals surface area contributed by atoms with Gasteiger partial charge in [-0.1, -0.05) is 12.1 Å². The maximum Gasteiger partial charge on any atom is 0.317 e. The zero-order valence-corrected chi connectivity index (χ0v) is 17.2. The lowest BCUT2D eigenvalue weighted by molar-refractivity contribution is -0.121. The van der Waals surface area contributed by atoms with Gasteiger partial charge in [-0.15, -0.1) is 0 Å². The molecule has 2 fully saturated rings. The van der Waals surface area contributed by atoms with Gasteiger partial charge in [0.2, 0.25) is 5.91 Å². The summed E-state index contributed by atoms with van der Waals surface area (Å²) in [6, 6.07) is 6.06. The van der Waals surface area contributed by atoms with Gasteiger partial charge in [0.25, 0.3) is 0 Å². The summed E-state index contributed by atoms with van der Waals surface area (Å²) < 4.78 is 14.0. The minimum Gasteiger partial charge on any atom is -0.369 e. The van der Waals surface area contributed by atoms with Crippen molar-refractivity contribution in [3.05, 3.63) is 41.3 Å². The molecule has 7 heteroatoms. The van der Waals surface area contributed by atoms with E-state index < -0.39 is 11.8 Å². The molecule has 1 aliphatic carbocycles. The van der Waals surface area contributed by atoms with E-state index in [1.165, 1.54) is 12.1 Å². The smallest absolute Gasteiger partial charge is 0.317 e. The Kier molecular flexibility index (Phi) is 4.79. The Labute approximate surface area is 170 Å². The summed E-state index contributed by atoms with van der Waals surface area (Å²) in [7, 11) is 0. The standard InChI is InChI=1S/C22H29FN4O2/c1-22(2,3)25-21(29)26-9-10-27-16(12-26)18(20(24)28)17(19(27)13-7-8-13)14-5-4-6-15(23)11-14/h4-6,11,13,16,18H,7-10,12H2,1-3H3,(H2,24,28)(H,25,29). The molecule has 3 amide bonds. The van der Waals surface area contributed by atoms with E-state index in [2.05, 4.69) is 10.2 Å². The van der Waals surface area contributed by atoms with Crippen molar-refractivity contribution in [3.63, 3.8) is 0 Å². The lowest BCUT2D eigenvalue weighted by atomic mass is 9.87. The average Bonchev–Trinajstić information content (AvgIpc) is 3.40. The molecule has 0 aromatic heterocycles. The fraction of sp³-hybridized carbons (Fsp3) is 0.545. The molecular weight excluding hydrogens is 371 g/mol. The molecule has 0 radical (unpaired) electrons. The number of nitrogens with zero attached hydrogens (tertiary/aromatic N) is 2. The van der Waals surface area contributed by atoms with Gasteiger partial charge in [0.15, 0.2) is 0 Å². The van der Waals surface area contributed by atoms with Crippen LogP contribution in [0.1, 0.15) is 39.2 Å². The molecule has 4 rings (SSSR count). The zero-order valence-electron chi connectivity index (χ0n) is 17.2. The summed E-state index contributed by atoms with van der Waals surface area (Å²) in [6.07, 6.45) is 2.13. The number of urea groups is 1. The predicted octanol–water partition coefficient (Wildman–Crippen LogP) is 2.56. The van der Waals surface area contributed by atoms with Crippen molar-refractivity contribution >= 4 is 17.5 Å². The predicted molar refractivity (Wildman–Crippen MR) is 109 cm³/mol. The summed E-state index contributed by atoms with van der Waals surface area (Å²) in [6.45, 7) is 7.48. The van der Waals surface area contributed by atoms with Crippen LogP contribution in [0.15, 0.2) is 30.0 Å². The molecule has 2 unspecified atom stereocenters. The van der Waals surface area contributed by atoms with Crippen LogP contribution in [0.3, 0.4) is 0 Å². The number of benzene rings is 1. The Morgan fingerprint density at radius 1 is 1.21 bits per heavy atom. The molecule has 0 bridgehead atoms. The molecule has 1 saturated carbocycles. The number of nitrogens with two attached hydrogens (primary N) is 1. The molecule has 6 nitrogen and oxygen atoms in total. The molecule has 3 aliphatic rings. The van der Waals surface area contributed by atoms with E-state index >= 15 is 0 Å². The van der Waals surface area contributed by atoms with Gasteiger partial charge >= 0.3 is 6.03 Å². The number of primary amides is 1. The normalized spacial score (nSPS) is 24.6. The van der Waals surface area contributed by atoms with Crippen molar-refractivity contribution in [2.45, 2.75) is 45.2 Å². The highest BCUT2D eigenvalue weighted by molar-refractivity contribution is 5.94. The van der Waals surface area contributed by atoms with E-state index in [9.17, 15) is 14.0 Å². The van der Waals surface area contributed by atoms with Crippen molar-refractivity contribution in [1.82, 2.24) is 15.1 Å². The minimum absolute atomic E-state index is 0.132. The van der Waals surface area contributed by atoms with E-state index in [4.69, 9.17) is 5.73 Å². The largest absolute Gasteiger partial charge is 0.369 e. The highest BCUT2D eigenvalue weighted by atomic mass is 19.1. The lowest BCUT2D eigenvalue weighted by Gasteiger charge is -2.42. The third-order valence-corrected chi connectivity index (χ3v) is 5.88. The van der Waals surface area contributed by atoms with Gasteiger partial charge in [-0.3, -0.25) is 4.79 Å². The first-order valence-electron chi connectivity index (χ1n) is 10.3. The van der Waals surface area contributed by atoms with Gasteiger partial charge < -0.3 is 20.9 Å². The number of carbonyl (C=O) groups excluding carboxylic acids is 2. The van der Waals surface area contributed by atoms with Crippen LogP contribution in [-0.4, -0.2) is 53.0 Å². The molecular formula is C22H29FN4O2. The maximum atomic E-state index is 14.0. The third kappa shape index (κ3) is 3.82. The Morgan fingerprint density at radius 3 is 2.52 bits per heavy atom. The highest BCUT2D eigenvalue weighted by Gasteiger charge is 2.50. The van der Waals surface area contributed by atoms with Gasteiger partial charge in [-0.05, 0) is 62.8 Å². The van der Waals surface area contributed by atoms with Crippen molar-refractivity contribution in [2.24, 2.45) is 17.6 Å². The van der Waals surface area contributed by atoms with E-state index in [1.54, 1.807) is 11.0 Å². The molecule has 3 N–H and O–H groups in total. The number of halogens is 1. The molecule has 29 heavy (non-hydrogen) atoms. The molecule has 2 heterocycles. The van der Waals surface area contributed by atoms with Gasteiger partial charge in [0, 0.05) is 30.9 Å². The quantitative estimate of drug-likeness (QED) is 0.819. The van der Waals surface area contributed by atoms with Crippen molar-refractivity contribution in [1.29, 1.82) is 0 Å². The summed E-state index contributed by atoms with van der Waals surface area (Å²) in [5, 5.41) is 3.00. The fourth-order valence-electron chi connectivity index (χ4n) is 4.61. The van der Waals surface area contributed by atoms with Crippen LogP contribution in [0.4, 0.5) is 9.18 Å². The van der Waals surface area contributed by atoms with Gasteiger partial charge in [0.1, 0.15) is 5.82 Å². The van der Waals surface area contributed by atoms with Crippen LogP contribution in [0.2, 0.25) is 0 Å². The van der Waals surface area contributed by atoms with Crippen molar-refractivity contribution < 1.29 is 14.0 Å². The topological polar surface area (TPSA) is 78.7 Å². The Balaban J connectivity index is 1.69. The summed E-state index contributed by atoms with van der Waals surface area (Å²) in [5.41, 5.74) is 8.22. The van der Waals surface area contributed by atoms with Crippen LogP contribution < -0.4 is 11.1 Å². The van der Waals surface area contributed by atoms with Crippen molar-refractivity contribution in [3.8, 4) is 0 Å². The van der Waals surface area contributed by atoms with Crippen LogP contribution in [0.5, 0.6) is 0 Å². The van der Waals surface area contributed by atoms with Gasteiger partial charge in [0.05, 0.1) is 12.0 Å². The number of rotatable bonds is 3. The number of allylic oxidation sites excluding steroid dienone is 1. The Bertz CT molecular complexity index is 872. The average molecular weight is 400 g/mol. The molecule has 156 valence electrons. The minimum atomic E-state index is -0.558. The lowest BCUT2D eigenvalue weighted by Crippen LogP contribution is -2.59. The Hall–Kier alpha value is -2.57. The number of hydrogen-bond acceptors (Lipinski definition) is 3. The second kappa shape index (κ2) is 7.04. The molecule has 2 atom stereocenters. The van der Waals surface area contributed by atoms with E-state index in [0.29, 0.717) is 25.6 Å². The first-order valence-corrected chi connectivity index (χ1v) is 10.3. The second-order valence-electron chi connectivity index (χ2n) is 9.35. The monoisotopic (exact) mass is 400 g/mol. The van der Waals surface area contributed by atoms with Crippen LogP contribution in [0.25, 0.3) is 5.57 Å². The van der Waals surface area contributed by atoms with E-state index in [-0.39, 0.29) is 23.4 Å². The number of fused-ring (bicyclic) bond motifs is 1. The SMILES string of the molecule is CC(C)(C)NC(=O)N1CCN2C(C3CC3)=C(c3cccc(F)c3)C(C(N)=O)C2C1.